The van der Waals surface area contributed by atoms with E-state index < -0.39 is 0 Å². The Morgan fingerprint density at radius 3 is 2.33 bits per heavy atom. The van der Waals surface area contributed by atoms with Crippen LogP contribution in [0.4, 0.5) is 5.69 Å². The molecular weight excluding hydrogens is 266 g/mol. The van der Waals surface area contributed by atoms with Gasteiger partial charge in [0.1, 0.15) is 12.4 Å². The molecule has 2 aromatic carbocycles. The molecule has 0 saturated carbocycles. The van der Waals surface area contributed by atoms with Crippen molar-refractivity contribution in [1.29, 1.82) is 0 Å². The van der Waals surface area contributed by atoms with E-state index in [1.54, 1.807) is 14.2 Å². The predicted octanol–water partition coefficient (Wildman–Crippen LogP) is 3.50. The van der Waals surface area contributed by atoms with Gasteiger partial charge in [-0.2, -0.15) is 0 Å². The highest BCUT2D eigenvalue weighted by Crippen LogP contribution is 2.26. The van der Waals surface area contributed by atoms with Crippen LogP contribution in [0.25, 0.3) is 0 Å². The number of ether oxygens (including phenoxy) is 3. The van der Waals surface area contributed by atoms with E-state index in [1.165, 1.54) is 5.56 Å². The number of rotatable bonds is 7. The highest BCUT2D eigenvalue weighted by Gasteiger charge is 2.04. The van der Waals surface area contributed by atoms with Gasteiger partial charge in [-0.3, -0.25) is 0 Å². The molecule has 112 valence electrons. The molecule has 0 heterocycles. The maximum atomic E-state index is 5.73. The van der Waals surface area contributed by atoms with Crippen molar-refractivity contribution < 1.29 is 14.2 Å². The Balaban J connectivity index is 1.89. The fourth-order valence-corrected chi connectivity index (χ4v) is 2.04. The van der Waals surface area contributed by atoms with Crippen LogP contribution >= 0.6 is 0 Å². The molecule has 0 fully saturated rings. The van der Waals surface area contributed by atoms with Crippen molar-refractivity contribution >= 4 is 5.69 Å². The maximum absolute atomic E-state index is 5.73. The third-order valence-electron chi connectivity index (χ3n) is 3.10. The predicted molar refractivity (Wildman–Crippen MR) is 84.7 cm³/mol. The molecule has 4 heteroatoms. The van der Waals surface area contributed by atoms with Crippen LogP contribution < -0.4 is 19.5 Å². The molecule has 0 amide bonds. The monoisotopic (exact) mass is 287 g/mol. The molecule has 2 aromatic rings. The van der Waals surface area contributed by atoms with Crippen LogP contribution in [0.5, 0.6) is 17.2 Å². The highest BCUT2D eigenvalue weighted by molar-refractivity contribution is 5.57. The van der Waals surface area contributed by atoms with Crippen molar-refractivity contribution in [1.82, 2.24) is 0 Å². The van der Waals surface area contributed by atoms with Crippen molar-refractivity contribution in [3.8, 4) is 17.2 Å². The minimum atomic E-state index is 0.539. The molecule has 0 aromatic heterocycles. The maximum Gasteiger partial charge on any atom is 0.161 e. The van der Waals surface area contributed by atoms with Gasteiger partial charge in [0.25, 0.3) is 0 Å². The van der Waals surface area contributed by atoms with Gasteiger partial charge in [-0.15, -0.1) is 0 Å². The van der Waals surface area contributed by atoms with Gasteiger partial charge < -0.3 is 19.5 Å². The lowest BCUT2D eigenvalue weighted by atomic mass is 10.2. The first kappa shape index (κ1) is 15.0. The Morgan fingerprint density at radius 2 is 1.62 bits per heavy atom. The van der Waals surface area contributed by atoms with E-state index in [2.05, 4.69) is 18.3 Å². The summed E-state index contributed by atoms with van der Waals surface area (Å²) in [7, 11) is 3.30. The Hall–Kier alpha value is -2.36. The fourth-order valence-electron chi connectivity index (χ4n) is 2.04. The minimum Gasteiger partial charge on any atom is -0.495 e. The first-order chi connectivity index (χ1) is 10.2. The summed E-state index contributed by atoms with van der Waals surface area (Å²) in [5, 5.41) is 3.32. The van der Waals surface area contributed by atoms with Crippen molar-refractivity contribution in [2.45, 2.75) is 6.92 Å². The van der Waals surface area contributed by atoms with Gasteiger partial charge in [0.2, 0.25) is 0 Å². The van der Waals surface area contributed by atoms with E-state index in [0.717, 1.165) is 22.9 Å². The third kappa shape index (κ3) is 4.05. The molecule has 0 saturated heterocycles. The van der Waals surface area contributed by atoms with Gasteiger partial charge in [-0.25, -0.2) is 0 Å². The molecule has 1 N–H and O–H groups in total. The van der Waals surface area contributed by atoms with E-state index in [9.17, 15) is 0 Å². The molecule has 0 aliphatic carbocycles. The molecule has 0 aliphatic rings. The zero-order valence-electron chi connectivity index (χ0n) is 12.7. The van der Waals surface area contributed by atoms with Gasteiger partial charge in [0.15, 0.2) is 11.5 Å². The summed E-state index contributed by atoms with van der Waals surface area (Å²) in [6.07, 6.45) is 0. The van der Waals surface area contributed by atoms with Gasteiger partial charge in [0, 0.05) is 6.54 Å². The van der Waals surface area contributed by atoms with Crippen molar-refractivity contribution in [3.05, 3.63) is 48.0 Å². The molecule has 2 rings (SSSR count). The Labute approximate surface area is 125 Å². The van der Waals surface area contributed by atoms with Gasteiger partial charge >= 0.3 is 0 Å². The first-order valence-corrected chi connectivity index (χ1v) is 6.89. The number of anilines is 1. The summed E-state index contributed by atoms with van der Waals surface area (Å²) in [6, 6.07) is 13.7. The Bertz CT molecular complexity index is 584. The summed E-state index contributed by atoms with van der Waals surface area (Å²) < 4.78 is 16.3. The number of para-hydroxylation sites is 2. The average molecular weight is 287 g/mol. The smallest absolute Gasteiger partial charge is 0.161 e. The van der Waals surface area contributed by atoms with Gasteiger partial charge in [-0.05, 0) is 36.8 Å². The Morgan fingerprint density at radius 1 is 0.905 bits per heavy atom. The van der Waals surface area contributed by atoms with Crippen molar-refractivity contribution in [2.24, 2.45) is 0 Å². The molecule has 0 spiro atoms. The lowest BCUT2D eigenvalue weighted by Gasteiger charge is -2.13. The number of methoxy groups -OCH3 is 2. The number of benzene rings is 2. The first-order valence-electron chi connectivity index (χ1n) is 6.89. The lowest BCUT2D eigenvalue weighted by Crippen LogP contribution is -2.12. The Kier molecular flexibility index (Phi) is 5.32. The molecule has 0 bridgehead atoms. The van der Waals surface area contributed by atoms with Crippen LogP contribution in [0.2, 0.25) is 0 Å². The molecule has 21 heavy (non-hydrogen) atoms. The average Bonchev–Trinajstić information content (AvgIpc) is 2.52. The number of nitrogens with one attached hydrogen (secondary N) is 1. The lowest BCUT2D eigenvalue weighted by molar-refractivity contribution is 0.305. The zero-order valence-corrected chi connectivity index (χ0v) is 12.7. The van der Waals surface area contributed by atoms with Crippen LogP contribution in [0.1, 0.15) is 5.56 Å². The van der Waals surface area contributed by atoms with E-state index in [-0.39, 0.29) is 0 Å². The van der Waals surface area contributed by atoms with E-state index in [4.69, 9.17) is 14.2 Å². The van der Waals surface area contributed by atoms with Crippen LogP contribution in [0.15, 0.2) is 42.5 Å². The third-order valence-corrected chi connectivity index (χ3v) is 3.10. The summed E-state index contributed by atoms with van der Waals surface area (Å²) in [5.74, 6) is 2.32. The van der Waals surface area contributed by atoms with E-state index >= 15 is 0 Å². The number of hydrogen-bond acceptors (Lipinski definition) is 4. The topological polar surface area (TPSA) is 39.7 Å². The normalized spacial score (nSPS) is 10.0. The van der Waals surface area contributed by atoms with Crippen LogP contribution in [0, 0.1) is 6.92 Å². The SMILES string of the molecule is COc1ccc(C)cc1NCCOc1ccccc1OC. The summed E-state index contributed by atoms with van der Waals surface area (Å²) in [6.45, 7) is 3.27. The molecule has 0 unspecified atom stereocenters. The summed E-state index contributed by atoms with van der Waals surface area (Å²) >= 11 is 0. The summed E-state index contributed by atoms with van der Waals surface area (Å²) in [5.41, 5.74) is 2.16. The van der Waals surface area contributed by atoms with Gasteiger partial charge in [0.05, 0.1) is 19.9 Å². The number of aryl methyl sites for hydroxylation is 1. The zero-order chi connectivity index (χ0) is 15.1. The fraction of sp³-hybridized carbons (Fsp3) is 0.294. The van der Waals surface area contributed by atoms with Gasteiger partial charge in [-0.1, -0.05) is 18.2 Å². The molecular formula is C17H21NO3. The van der Waals surface area contributed by atoms with Crippen molar-refractivity contribution in [2.75, 3.05) is 32.7 Å². The molecule has 4 nitrogen and oxygen atoms in total. The molecule has 0 radical (unpaired) electrons. The minimum absolute atomic E-state index is 0.539. The van der Waals surface area contributed by atoms with Crippen molar-refractivity contribution in [3.63, 3.8) is 0 Å². The van der Waals surface area contributed by atoms with E-state index in [0.29, 0.717) is 13.2 Å². The summed E-state index contributed by atoms with van der Waals surface area (Å²) in [4.78, 5) is 0. The standard InChI is InChI=1S/C17H21NO3/c1-13-8-9-15(19-2)14(12-13)18-10-11-21-17-7-5-4-6-16(17)20-3/h4-9,12,18H,10-11H2,1-3H3. The highest BCUT2D eigenvalue weighted by atomic mass is 16.5. The van der Waals surface area contributed by atoms with Crippen LogP contribution in [-0.4, -0.2) is 27.4 Å². The second-order valence-electron chi connectivity index (χ2n) is 4.63. The molecule has 0 aliphatic heterocycles. The second-order valence-corrected chi connectivity index (χ2v) is 4.63. The van der Waals surface area contributed by atoms with E-state index in [1.807, 2.05) is 36.4 Å². The second kappa shape index (κ2) is 7.43. The van der Waals surface area contributed by atoms with Crippen LogP contribution in [-0.2, 0) is 0 Å². The molecule has 0 atom stereocenters. The quantitative estimate of drug-likeness (QED) is 0.791. The largest absolute Gasteiger partial charge is 0.495 e. The number of hydrogen-bond donors (Lipinski definition) is 1. The van der Waals surface area contributed by atoms with Crippen LogP contribution in [0.3, 0.4) is 0 Å².